The predicted octanol–water partition coefficient (Wildman–Crippen LogP) is 29.5. The lowest BCUT2D eigenvalue weighted by molar-refractivity contribution is -0.147. The SMILES string of the molecule is CC1=C(/C=C/C(C)=C/C=C/C(C)=C/C(=O)O)C(C)(C)CCC1.CCCCCCCCCCCCCC(=O)OCCN(CCOC(=O)CCCCCCCCCCCCC)C(=O)/C=C(C)/C=C/C=C(C)/C=C/C1=C(C)CCCC1(C)C.CCCCCCCCCCCCCC(=O)OCCNCCOC(=O)CCCCCCCCCCCCC. The Bertz CT molecular complexity index is 2810. The molecule has 1 amide bonds. The second-order valence-electron chi connectivity index (χ2n) is 35.3. The normalized spacial score (nSPS) is 14.6. The summed E-state index contributed by atoms with van der Waals surface area (Å²) >= 11 is 0. The number of carboxylic acids is 1. The molecule has 0 aromatic carbocycles. The third-order valence-electron chi connectivity index (χ3n) is 22.8. The third-order valence-corrected chi connectivity index (χ3v) is 22.8. The Balaban J connectivity index is 0.00000193. The van der Waals surface area contributed by atoms with Crippen molar-refractivity contribution in [2.45, 2.75) is 444 Å². The van der Waals surface area contributed by atoms with Crippen LogP contribution in [-0.2, 0) is 47.7 Å². The number of nitrogens with zero attached hydrogens (tertiary/aromatic N) is 1. The summed E-state index contributed by atoms with van der Waals surface area (Å²) in [6, 6.07) is 0. The summed E-state index contributed by atoms with van der Waals surface area (Å²) in [5.41, 5.74) is 10.2. The number of esters is 4. The van der Waals surface area contributed by atoms with Crippen molar-refractivity contribution in [1.82, 2.24) is 10.2 Å². The highest BCUT2D eigenvalue weighted by molar-refractivity contribution is 5.88. The summed E-state index contributed by atoms with van der Waals surface area (Å²) in [5, 5.41) is 11.8. The van der Waals surface area contributed by atoms with Gasteiger partial charge in [0.05, 0.1) is 13.1 Å². The number of carbonyl (C=O) groups excluding carboxylic acids is 5. The number of aliphatic carboxylic acids is 1. The Morgan fingerprint density at radius 1 is 0.359 bits per heavy atom. The molecule has 2 aliphatic carbocycles. The van der Waals surface area contributed by atoms with Crippen LogP contribution < -0.4 is 5.32 Å². The van der Waals surface area contributed by atoms with Crippen molar-refractivity contribution in [2.75, 3.05) is 52.6 Å². The summed E-state index contributed by atoms with van der Waals surface area (Å²) in [6.07, 6.45) is 87.8. The molecule has 0 saturated heterocycles. The molecule has 0 fully saturated rings. The molecule has 2 rings (SSSR count). The standard InChI is InChI=1S/C52H89NO5.C32H63NO4.C20H28O2/c1-8-10-12-14-16-18-20-22-24-26-28-35-50(55)57-42-40-53(41-43-58-51(56)36-29-27-25-23-21-19-17-15-13-11-9-2)49(54)44-46(4)33-30-32-45(3)37-38-48-47(5)34-31-39-52(48,6)7;1-3-5-7-9-11-13-15-17-19-21-23-25-31(34)36-29-27-33-28-30-37-32(35)26-24-22-20-18-16-14-12-10-8-6-4-2;1-15(8-6-9-16(2)14-19(21)22)11-12-18-17(3)10-7-13-20(18,4)5/h30,32-33,37-38,44H,8-29,31,34-36,39-43H2,1-7H3;33H,3-30H2,1-2H3;6,8-9,11-12,14H,7,10,13H2,1-5H3,(H,21,22)/b33-30+,38-37+,45-32+,46-44+;;9-6+,12-11+,15-8+,16-14+. The van der Waals surface area contributed by atoms with E-state index in [4.69, 9.17) is 24.1 Å². The second-order valence-corrected chi connectivity index (χ2v) is 35.3. The lowest BCUT2D eigenvalue weighted by Gasteiger charge is -2.33. The van der Waals surface area contributed by atoms with E-state index in [0.717, 1.165) is 86.5 Å². The number of amides is 1. The quantitative estimate of drug-likeness (QED) is 0.0194. The Labute approximate surface area is 719 Å². The first-order chi connectivity index (χ1) is 56.4. The van der Waals surface area contributed by atoms with Gasteiger partial charge in [-0.25, -0.2) is 4.79 Å². The van der Waals surface area contributed by atoms with Crippen molar-refractivity contribution < 1.29 is 52.8 Å². The maximum Gasteiger partial charge on any atom is 0.328 e. The van der Waals surface area contributed by atoms with Gasteiger partial charge in [-0.1, -0.05) is 395 Å². The molecular formula is C104H180N2O11. The molecular weight excluding hydrogens is 1450 g/mol. The first-order valence-corrected chi connectivity index (χ1v) is 48.1. The minimum absolute atomic E-state index is 0.101. The van der Waals surface area contributed by atoms with E-state index >= 15 is 0 Å². The van der Waals surface area contributed by atoms with Crippen LogP contribution in [0.5, 0.6) is 0 Å². The highest BCUT2D eigenvalue weighted by Crippen LogP contribution is 2.42. The summed E-state index contributed by atoms with van der Waals surface area (Å²) in [4.78, 5) is 74.2. The van der Waals surface area contributed by atoms with E-state index in [0.29, 0.717) is 52.0 Å². The number of hydrogen-bond donors (Lipinski definition) is 2. The lowest BCUT2D eigenvalue weighted by atomic mass is 9.72. The van der Waals surface area contributed by atoms with Crippen molar-refractivity contribution in [1.29, 1.82) is 0 Å². The van der Waals surface area contributed by atoms with E-state index in [1.165, 1.54) is 285 Å². The number of allylic oxidation sites excluding steroid dienone is 18. The maximum absolute atomic E-state index is 13.4. The Kier molecular flexibility index (Phi) is 73.6. The minimum Gasteiger partial charge on any atom is -0.478 e. The van der Waals surface area contributed by atoms with E-state index in [-0.39, 0.29) is 66.9 Å². The van der Waals surface area contributed by atoms with Gasteiger partial charge in [0.2, 0.25) is 5.91 Å². The summed E-state index contributed by atoms with van der Waals surface area (Å²) in [6.45, 7) is 33.3. The number of rotatable bonds is 70. The van der Waals surface area contributed by atoms with Gasteiger partial charge in [-0.05, 0) is 139 Å². The van der Waals surface area contributed by atoms with E-state index in [1.54, 1.807) is 24.0 Å². The van der Waals surface area contributed by atoms with Crippen LogP contribution in [0.3, 0.4) is 0 Å². The van der Waals surface area contributed by atoms with Crippen molar-refractivity contribution in [3.05, 3.63) is 117 Å². The zero-order valence-corrected chi connectivity index (χ0v) is 78.2. The molecule has 0 aromatic heterocycles. The largest absolute Gasteiger partial charge is 0.478 e. The van der Waals surface area contributed by atoms with Crippen LogP contribution in [0, 0.1) is 10.8 Å². The molecule has 2 aliphatic rings. The average Bonchev–Trinajstić information content (AvgIpc) is 0.828. The van der Waals surface area contributed by atoms with Gasteiger partial charge in [0.25, 0.3) is 0 Å². The fraction of sp³-hybridized carbons (Fsp3) is 0.750. The van der Waals surface area contributed by atoms with Crippen molar-refractivity contribution in [3.63, 3.8) is 0 Å². The number of ether oxygens (including phenoxy) is 4. The van der Waals surface area contributed by atoms with E-state index in [1.807, 2.05) is 31.2 Å². The molecule has 0 radical (unpaired) electrons. The van der Waals surface area contributed by atoms with Crippen LogP contribution in [0.2, 0.25) is 0 Å². The van der Waals surface area contributed by atoms with Crippen molar-refractivity contribution >= 4 is 35.8 Å². The number of carboxylic acid groups (broad SMARTS) is 1. The lowest BCUT2D eigenvalue weighted by Crippen LogP contribution is -2.36. The summed E-state index contributed by atoms with van der Waals surface area (Å²) < 4.78 is 21.7. The van der Waals surface area contributed by atoms with Gasteiger partial charge in [-0.2, -0.15) is 0 Å². The van der Waals surface area contributed by atoms with E-state index in [2.05, 4.69) is 119 Å². The van der Waals surface area contributed by atoms with Gasteiger partial charge in [-0.15, -0.1) is 0 Å². The molecule has 0 heterocycles. The van der Waals surface area contributed by atoms with Crippen LogP contribution in [0.15, 0.2) is 117 Å². The number of unbranched alkanes of at least 4 members (excludes halogenated alkanes) is 40. The van der Waals surface area contributed by atoms with Gasteiger partial charge >= 0.3 is 29.8 Å². The maximum atomic E-state index is 13.4. The van der Waals surface area contributed by atoms with Crippen LogP contribution >= 0.6 is 0 Å². The van der Waals surface area contributed by atoms with E-state index < -0.39 is 5.97 Å². The third kappa shape index (κ3) is 69.5. The topological polar surface area (TPSA) is 175 Å². The molecule has 0 aromatic rings. The Hall–Kier alpha value is -5.82. The predicted molar refractivity (Wildman–Crippen MR) is 497 cm³/mol. The van der Waals surface area contributed by atoms with Crippen molar-refractivity contribution in [3.8, 4) is 0 Å². The Morgan fingerprint density at radius 2 is 0.615 bits per heavy atom. The van der Waals surface area contributed by atoms with Gasteiger partial charge in [0, 0.05) is 50.9 Å². The van der Waals surface area contributed by atoms with Gasteiger partial charge in [-0.3, -0.25) is 24.0 Å². The molecule has 13 heteroatoms. The van der Waals surface area contributed by atoms with Crippen molar-refractivity contribution in [2.24, 2.45) is 10.8 Å². The van der Waals surface area contributed by atoms with Gasteiger partial charge in [0.1, 0.15) is 26.4 Å². The molecule has 117 heavy (non-hydrogen) atoms. The fourth-order valence-corrected chi connectivity index (χ4v) is 15.3. The average molecular weight is 1630 g/mol. The zero-order chi connectivity index (χ0) is 86.5. The minimum atomic E-state index is -0.912. The number of carbonyl (C=O) groups is 6. The second kappa shape index (κ2) is 77.5. The molecule has 0 spiro atoms. The highest BCUT2D eigenvalue weighted by Gasteiger charge is 2.28. The molecule has 2 N–H and O–H groups in total. The van der Waals surface area contributed by atoms with Crippen LogP contribution in [0.4, 0.5) is 0 Å². The Morgan fingerprint density at radius 3 is 0.880 bits per heavy atom. The summed E-state index contributed by atoms with van der Waals surface area (Å²) in [7, 11) is 0. The molecule has 0 bridgehead atoms. The molecule has 13 nitrogen and oxygen atoms in total. The molecule has 0 unspecified atom stereocenters. The molecule has 0 aliphatic heterocycles. The van der Waals surface area contributed by atoms with Gasteiger partial charge < -0.3 is 34.3 Å². The smallest absolute Gasteiger partial charge is 0.328 e. The van der Waals surface area contributed by atoms with Crippen LogP contribution in [-0.4, -0.2) is 98.4 Å². The first kappa shape index (κ1) is 111. The van der Waals surface area contributed by atoms with Gasteiger partial charge in [0.15, 0.2) is 0 Å². The van der Waals surface area contributed by atoms with E-state index in [9.17, 15) is 28.8 Å². The highest BCUT2D eigenvalue weighted by atomic mass is 16.5. The monoisotopic (exact) mass is 1630 g/mol. The zero-order valence-electron chi connectivity index (χ0n) is 78.2. The van der Waals surface area contributed by atoms with Crippen LogP contribution in [0.25, 0.3) is 0 Å². The van der Waals surface area contributed by atoms with Crippen LogP contribution in [0.1, 0.15) is 444 Å². The molecule has 0 atom stereocenters. The number of nitrogens with one attached hydrogen (secondary N) is 1. The molecule has 672 valence electrons. The number of hydrogen-bond acceptors (Lipinski definition) is 11. The first-order valence-electron chi connectivity index (χ1n) is 48.1. The fourth-order valence-electron chi connectivity index (χ4n) is 15.3. The molecule has 0 saturated carbocycles. The summed E-state index contributed by atoms with van der Waals surface area (Å²) in [5.74, 6) is -1.73.